The van der Waals surface area contributed by atoms with Crippen LogP contribution in [-0.4, -0.2) is 11.4 Å². The van der Waals surface area contributed by atoms with Crippen molar-refractivity contribution in [1.29, 1.82) is 0 Å². The van der Waals surface area contributed by atoms with Gasteiger partial charge in [-0.25, -0.2) is 0 Å². The lowest BCUT2D eigenvalue weighted by Gasteiger charge is -2.22. The molecule has 1 unspecified atom stereocenters. The minimum absolute atomic E-state index is 0. The SMILES string of the molecule is CCCC(C)(N)C(=O)Nc1ccc(Cl)cc1.Cl. The summed E-state index contributed by atoms with van der Waals surface area (Å²) in [6.45, 7) is 3.74. The van der Waals surface area contributed by atoms with Crippen LogP contribution in [0.4, 0.5) is 5.69 Å². The predicted molar refractivity (Wildman–Crippen MR) is 74.8 cm³/mol. The second-order valence-electron chi connectivity index (χ2n) is 4.13. The van der Waals surface area contributed by atoms with Gasteiger partial charge in [0.15, 0.2) is 0 Å². The van der Waals surface area contributed by atoms with Crippen LogP contribution in [0.3, 0.4) is 0 Å². The number of hydrogen-bond donors (Lipinski definition) is 2. The lowest BCUT2D eigenvalue weighted by molar-refractivity contribution is -0.120. The van der Waals surface area contributed by atoms with Crippen molar-refractivity contribution in [2.24, 2.45) is 5.73 Å². The maximum atomic E-state index is 11.8. The van der Waals surface area contributed by atoms with Gasteiger partial charge >= 0.3 is 0 Å². The van der Waals surface area contributed by atoms with Gasteiger partial charge in [-0.1, -0.05) is 24.9 Å². The van der Waals surface area contributed by atoms with E-state index in [2.05, 4.69) is 5.32 Å². The van der Waals surface area contributed by atoms with Crippen molar-refractivity contribution in [3.05, 3.63) is 29.3 Å². The van der Waals surface area contributed by atoms with Crippen LogP contribution in [0.25, 0.3) is 0 Å². The molecule has 3 N–H and O–H groups in total. The molecule has 1 atom stereocenters. The minimum atomic E-state index is -0.825. The molecular weight excluding hydrogens is 259 g/mol. The molecular formula is C12H18Cl2N2O. The Morgan fingerprint density at radius 3 is 2.41 bits per heavy atom. The first-order valence-electron chi connectivity index (χ1n) is 5.31. The summed E-state index contributed by atoms with van der Waals surface area (Å²) in [4.78, 5) is 11.8. The molecule has 0 saturated heterocycles. The monoisotopic (exact) mass is 276 g/mol. The Morgan fingerprint density at radius 2 is 1.94 bits per heavy atom. The van der Waals surface area contributed by atoms with E-state index in [1.807, 2.05) is 6.92 Å². The largest absolute Gasteiger partial charge is 0.325 e. The van der Waals surface area contributed by atoms with E-state index in [1.54, 1.807) is 31.2 Å². The Labute approximate surface area is 113 Å². The number of carbonyl (C=O) groups is 1. The van der Waals surface area contributed by atoms with Crippen LogP contribution >= 0.6 is 24.0 Å². The number of anilines is 1. The van der Waals surface area contributed by atoms with Crippen molar-refractivity contribution >= 4 is 35.6 Å². The van der Waals surface area contributed by atoms with Crippen molar-refractivity contribution in [1.82, 2.24) is 0 Å². The molecule has 0 spiro atoms. The van der Waals surface area contributed by atoms with Gasteiger partial charge < -0.3 is 11.1 Å². The van der Waals surface area contributed by atoms with Gasteiger partial charge in [-0.3, -0.25) is 4.79 Å². The first-order valence-corrected chi connectivity index (χ1v) is 5.69. The molecule has 0 fully saturated rings. The Kier molecular flexibility index (Phi) is 6.53. The summed E-state index contributed by atoms with van der Waals surface area (Å²) in [6, 6.07) is 6.96. The molecule has 1 aromatic rings. The molecule has 0 heterocycles. The van der Waals surface area contributed by atoms with Gasteiger partial charge in [0.25, 0.3) is 0 Å². The van der Waals surface area contributed by atoms with Gasteiger partial charge in [0.2, 0.25) is 5.91 Å². The van der Waals surface area contributed by atoms with Gasteiger partial charge in [0, 0.05) is 10.7 Å². The van der Waals surface area contributed by atoms with Gasteiger partial charge in [-0.05, 0) is 37.6 Å². The first-order chi connectivity index (χ1) is 7.45. The highest BCUT2D eigenvalue weighted by atomic mass is 35.5. The van der Waals surface area contributed by atoms with Crippen molar-refractivity contribution in [3.63, 3.8) is 0 Å². The van der Waals surface area contributed by atoms with E-state index < -0.39 is 5.54 Å². The van der Waals surface area contributed by atoms with Crippen LogP contribution in [0, 0.1) is 0 Å². The number of nitrogens with two attached hydrogens (primary N) is 1. The second kappa shape index (κ2) is 6.84. The second-order valence-corrected chi connectivity index (χ2v) is 4.56. The fourth-order valence-corrected chi connectivity index (χ4v) is 1.57. The number of nitrogens with one attached hydrogen (secondary N) is 1. The molecule has 0 aliphatic carbocycles. The number of rotatable bonds is 4. The van der Waals surface area contributed by atoms with Gasteiger partial charge in [0.1, 0.15) is 0 Å². The van der Waals surface area contributed by atoms with E-state index >= 15 is 0 Å². The van der Waals surface area contributed by atoms with E-state index in [0.717, 1.165) is 6.42 Å². The minimum Gasteiger partial charge on any atom is -0.325 e. The summed E-state index contributed by atoms with van der Waals surface area (Å²) in [5.74, 6) is -0.170. The van der Waals surface area contributed by atoms with E-state index in [1.165, 1.54) is 0 Å². The standard InChI is InChI=1S/C12H17ClN2O.ClH/c1-3-8-12(2,14)11(16)15-10-6-4-9(13)5-7-10;/h4-7H,3,8,14H2,1-2H3,(H,15,16);1H. The molecule has 5 heteroatoms. The lowest BCUT2D eigenvalue weighted by atomic mass is 9.96. The Hall–Kier alpha value is -0.770. The molecule has 96 valence electrons. The van der Waals surface area contributed by atoms with Crippen LogP contribution in [0.1, 0.15) is 26.7 Å². The zero-order valence-corrected chi connectivity index (χ0v) is 11.6. The smallest absolute Gasteiger partial charge is 0.244 e. The number of carbonyl (C=O) groups excluding carboxylic acids is 1. The molecule has 0 aromatic heterocycles. The number of hydrogen-bond acceptors (Lipinski definition) is 2. The zero-order chi connectivity index (χ0) is 12.2. The quantitative estimate of drug-likeness (QED) is 0.887. The van der Waals surface area contributed by atoms with Crippen molar-refractivity contribution < 1.29 is 4.79 Å². The summed E-state index contributed by atoms with van der Waals surface area (Å²) in [7, 11) is 0. The predicted octanol–water partition coefficient (Wildman–Crippen LogP) is 3.22. The Morgan fingerprint density at radius 1 is 1.41 bits per heavy atom. The molecule has 17 heavy (non-hydrogen) atoms. The fraction of sp³-hybridized carbons (Fsp3) is 0.417. The van der Waals surface area contributed by atoms with Crippen LogP contribution in [0.15, 0.2) is 24.3 Å². The third kappa shape index (κ3) is 4.94. The van der Waals surface area contributed by atoms with Gasteiger partial charge in [-0.15, -0.1) is 12.4 Å². The molecule has 1 amide bonds. The number of halogens is 2. The van der Waals surface area contributed by atoms with Crippen LogP contribution in [0.2, 0.25) is 5.02 Å². The summed E-state index contributed by atoms with van der Waals surface area (Å²) < 4.78 is 0. The molecule has 0 saturated carbocycles. The summed E-state index contributed by atoms with van der Waals surface area (Å²) in [5.41, 5.74) is 5.80. The van der Waals surface area contributed by atoms with Crippen molar-refractivity contribution in [2.45, 2.75) is 32.2 Å². The van der Waals surface area contributed by atoms with E-state index in [-0.39, 0.29) is 18.3 Å². The highest BCUT2D eigenvalue weighted by molar-refractivity contribution is 6.30. The van der Waals surface area contributed by atoms with Gasteiger partial charge in [0.05, 0.1) is 5.54 Å². The summed E-state index contributed by atoms with van der Waals surface area (Å²) in [6.07, 6.45) is 1.54. The highest BCUT2D eigenvalue weighted by Gasteiger charge is 2.26. The van der Waals surface area contributed by atoms with Crippen LogP contribution in [0.5, 0.6) is 0 Å². The topological polar surface area (TPSA) is 55.1 Å². The first kappa shape index (κ1) is 16.2. The van der Waals surface area contributed by atoms with Crippen LogP contribution < -0.4 is 11.1 Å². The highest BCUT2D eigenvalue weighted by Crippen LogP contribution is 2.16. The lowest BCUT2D eigenvalue weighted by Crippen LogP contribution is -2.48. The molecule has 0 bridgehead atoms. The molecule has 1 rings (SSSR count). The number of amides is 1. The number of benzene rings is 1. The summed E-state index contributed by atoms with van der Waals surface area (Å²) >= 11 is 5.75. The van der Waals surface area contributed by atoms with Gasteiger partial charge in [-0.2, -0.15) is 0 Å². The normalized spacial score (nSPS) is 13.4. The average Bonchev–Trinajstić information content (AvgIpc) is 2.21. The van der Waals surface area contributed by atoms with Crippen LogP contribution in [-0.2, 0) is 4.79 Å². The van der Waals surface area contributed by atoms with Crippen molar-refractivity contribution in [2.75, 3.05) is 5.32 Å². The van der Waals surface area contributed by atoms with E-state index in [4.69, 9.17) is 17.3 Å². The third-order valence-electron chi connectivity index (χ3n) is 2.39. The van der Waals surface area contributed by atoms with E-state index in [0.29, 0.717) is 17.1 Å². The van der Waals surface area contributed by atoms with E-state index in [9.17, 15) is 4.79 Å². The molecule has 1 aromatic carbocycles. The molecule has 0 aliphatic heterocycles. The molecule has 3 nitrogen and oxygen atoms in total. The third-order valence-corrected chi connectivity index (χ3v) is 2.64. The average molecular weight is 277 g/mol. The maximum Gasteiger partial charge on any atom is 0.244 e. The van der Waals surface area contributed by atoms with Crippen molar-refractivity contribution in [3.8, 4) is 0 Å². The summed E-state index contributed by atoms with van der Waals surface area (Å²) in [5, 5.41) is 3.41. The molecule has 0 aliphatic rings. The maximum absolute atomic E-state index is 11.8. The Bertz CT molecular complexity index is 363. The fourth-order valence-electron chi connectivity index (χ4n) is 1.44. The Balaban J connectivity index is 0.00000256. The molecule has 0 radical (unpaired) electrons. The zero-order valence-electron chi connectivity index (χ0n) is 10.00.